The summed E-state index contributed by atoms with van der Waals surface area (Å²) in [4.78, 5) is 13.4. The molecule has 15 heavy (non-hydrogen) atoms. The van der Waals surface area contributed by atoms with Crippen molar-refractivity contribution in [2.75, 3.05) is 18.5 Å². The van der Waals surface area contributed by atoms with E-state index in [0.717, 1.165) is 30.6 Å². The van der Waals surface area contributed by atoms with E-state index in [2.05, 4.69) is 4.90 Å². The van der Waals surface area contributed by atoms with E-state index in [9.17, 15) is 9.90 Å². The third-order valence-corrected chi connectivity index (χ3v) is 2.93. The second-order valence-corrected chi connectivity index (χ2v) is 4.08. The van der Waals surface area contributed by atoms with Crippen molar-refractivity contribution < 1.29 is 9.90 Å². The minimum atomic E-state index is -0.0801. The van der Waals surface area contributed by atoms with Crippen LogP contribution in [0.5, 0.6) is 5.75 Å². The van der Waals surface area contributed by atoms with Gasteiger partial charge in [0.15, 0.2) is 5.78 Å². The smallest absolute Gasteiger partial charge is 0.163 e. The topological polar surface area (TPSA) is 40.5 Å². The Morgan fingerprint density at radius 1 is 1.47 bits per heavy atom. The predicted molar refractivity (Wildman–Crippen MR) is 59.7 cm³/mol. The number of nitrogens with zero attached hydrogens (tertiary/aromatic N) is 1. The Kier molecular flexibility index (Phi) is 2.39. The van der Waals surface area contributed by atoms with Gasteiger partial charge in [-0.15, -0.1) is 0 Å². The molecule has 0 radical (unpaired) electrons. The van der Waals surface area contributed by atoms with Crippen molar-refractivity contribution in [1.82, 2.24) is 0 Å². The van der Waals surface area contributed by atoms with Crippen molar-refractivity contribution >= 4 is 11.5 Å². The van der Waals surface area contributed by atoms with Crippen molar-refractivity contribution in [2.45, 2.75) is 19.8 Å². The molecule has 0 fully saturated rings. The predicted octanol–water partition coefficient (Wildman–Crippen LogP) is 1.98. The molecule has 0 unspecified atom stereocenters. The third kappa shape index (κ3) is 1.69. The molecule has 1 aliphatic rings. The zero-order chi connectivity index (χ0) is 11.0. The normalized spacial score (nSPS) is 14.9. The van der Waals surface area contributed by atoms with Gasteiger partial charge in [0.05, 0.1) is 5.56 Å². The van der Waals surface area contributed by atoms with Gasteiger partial charge in [0.25, 0.3) is 0 Å². The molecule has 2 rings (SSSR count). The molecule has 1 aliphatic heterocycles. The number of Topliss-reactive ketones (excluding diaryl/α,β-unsaturated/α-hetero) is 1. The highest BCUT2D eigenvalue weighted by molar-refractivity contribution is 5.97. The van der Waals surface area contributed by atoms with Crippen molar-refractivity contribution in [1.29, 1.82) is 0 Å². The van der Waals surface area contributed by atoms with Crippen molar-refractivity contribution in [2.24, 2.45) is 0 Å². The van der Waals surface area contributed by atoms with Crippen LogP contribution in [0.1, 0.15) is 29.3 Å². The van der Waals surface area contributed by atoms with Crippen LogP contribution < -0.4 is 4.90 Å². The highest BCUT2D eigenvalue weighted by atomic mass is 16.3. The molecule has 0 amide bonds. The number of aromatic hydroxyl groups is 1. The van der Waals surface area contributed by atoms with Crippen LogP contribution in [-0.4, -0.2) is 24.5 Å². The minimum absolute atomic E-state index is 0.0801. The maximum atomic E-state index is 11.3. The highest BCUT2D eigenvalue weighted by Crippen LogP contribution is 2.32. The van der Waals surface area contributed by atoms with E-state index in [-0.39, 0.29) is 11.5 Å². The summed E-state index contributed by atoms with van der Waals surface area (Å²) in [5, 5.41) is 9.71. The van der Waals surface area contributed by atoms with Gasteiger partial charge < -0.3 is 10.0 Å². The van der Waals surface area contributed by atoms with Crippen LogP contribution in [-0.2, 0) is 6.42 Å². The van der Waals surface area contributed by atoms with E-state index in [1.54, 1.807) is 6.07 Å². The molecular formula is C12H15NO2. The summed E-state index contributed by atoms with van der Waals surface area (Å²) in [6.45, 7) is 2.49. The summed E-state index contributed by atoms with van der Waals surface area (Å²) in [5.74, 6) is 0.0125. The molecule has 0 spiro atoms. The van der Waals surface area contributed by atoms with E-state index < -0.39 is 0 Å². The number of hydrogen-bond donors (Lipinski definition) is 1. The zero-order valence-electron chi connectivity index (χ0n) is 9.08. The molecule has 0 bridgehead atoms. The van der Waals surface area contributed by atoms with Gasteiger partial charge in [-0.2, -0.15) is 0 Å². The maximum Gasteiger partial charge on any atom is 0.163 e. The number of phenolic OH excluding ortho intramolecular Hbond substituents is 1. The summed E-state index contributed by atoms with van der Waals surface area (Å²) in [5.41, 5.74) is 2.64. The van der Waals surface area contributed by atoms with Gasteiger partial charge in [0, 0.05) is 25.3 Å². The van der Waals surface area contributed by atoms with Gasteiger partial charge >= 0.3 is 0 Å². The van der Waals surface area contributed by atoms with Gasteiger partial charge in [-0.25, -0.2) is 0 Å². The average Bonchev–Trinajstić information content (AvgIpc) is 2.18. The fourth-order valence-electron chi connectivity index (χ4n) is 2.09. The summed E-state index contributed by atoms with van der Waals surface area (Å²) in [6.07, 6.45) is 2.09. The Morgan fingerprint density at radius 2 is 2.20 bits per heavy atom. The Bertz CT molecular complexity index is 412. The summed E-state index contributed by atoms with van der Waals surface area (Å²) < 4.78 is 0. The number of aryl methyl sites for hydroxylation is 1. The molecular weight excluding hydrogens is 190 g/mol. The van der Waals surface area contributed by atoms with Crippen LogP contribution in [0, 0.1) is 0 Å². The molecule has 1 heterocycles. The molecule has 0 saturated carbocycles. The van der Waals surface area contributed by atoms with Gasteiger partial charge in [-0.05, 0) is 31.4 Å². The highest BCUT2D eigenvalue weighted by Gasteiger charge is 2.17. The Balaban J connectivity index is 2.54. The SMILES string of the molecule is CC(=O)c1cc2c(cc1O)N(C)CCC2. The molecule has 80 valence electrons. The first-order valence-corrected chi connectivity index (χ1v) is 5.17. The van der Waals surface area contributed by atoms with Crippen LogP contribution in [0.3, 0.4) is 0 Å². The Labute approximate surface area is 89.3 Å². The van der Waals surface area contributed by atoms with Crippen LogP contribution in [0.4, 0.5) is 5.69 Å². The van der Waals surface area contributed by atoms with E-state index >= 15 is 0 Å². The standard InChI is InChI=1S/C12H15NO2/c1-8(14)10-6-9-4-3-5-13(2)11(9)7-12(10)15/h6-7,15H,3-5H2,1-2H3. The monoisotopic (exact) mass is 205 g/mol. The second kappa shape index (κ2) is 3.57. The molecule has 1 aromatic carbocycles. The molecule has 0 aromatic heterocycles. The number of benzene rings is 1. The summed E-state index contributed by atoms with van der Waals surface area (Å²) in [7, 11) is 2.00. The first-order chi connectivity index (χ1) is 7.09. The van der Waals surface area contributed by atoms with Gasteiger partial charge in [-0.1, -0.05) is 0 Å². The molecule has 1 N–H and O–H groups in total. The Hall–Kier alpha value is -1.51. The largest absolute Gasteiger partial charge is 0.507 e. The first kappa shape index (κ1) is 10.0. The molecule has 1 aromatic rings. The minimum Gasteiger partial charge on any atom is -0.507 e. The lowest BCUT2D eigenvalue weighted by molar-refractivity contribution is 0.101. The van der Waals surface area contributed by atoms with E-state index in [1.807, 2.05) is 13.1 Å². The first-order valence-electron chi connectivity index (χ1n) is 5.17. The number of hydrogen-bond acceptors (Lipinski definition) is 3. The maximum absolute atomic E-state index is 11.3. The van der Waals surface area contributed by atoms with Gasteiger partial charge in [0.2, 0.25) is 0 Å². The van der Waals surface area contributed by atoms with Crippen LogP contribution in [0.25, 0.3) is 0 Å². The third-order valence-electron chi connectivity index (χ3n) is 2.93. The summed E-state index contributed by atoms with van der Waals surface area (Å²) in [6, 6.07) is 3.52. The lowest BCUT2D eigenvalue weighted by Gasteiger charge is -2.28. The van der Waals surface area contributed by atoms with Crippen LogP contribution in [0.2, 0.25) is 0 Å². The fourth-order valence-corrected chi connectivity index (χ4v) is 2.09. The number of fused-ring (bicyclic) bond motifs is 1. The van der Waals surface area contributed by atoms with Crippen LogP contribution >= 0.6 is 0 Å². The molecule has 0 aliphatic carbocycles. The lowest BCUT2D eigenvalue weighted by atomic mass is 9.97. The van der Waals surface area contributed by atoms with Crippen molar-refractivity contribution in [3.63, 3.8) is 0 Å². The lowest BCUT2D eigenvalue weighted by Crippen LogP contribution is -2.24. The number of rotatable bonds is 1. The molecule has 3 nitrogen and oxygen atoms in total. The quantitative estimate of drug-likeness (QED) is 0.713. The number of phenols is 1. The van der Waals surface area contributed by atoms with Gasteiger partial charge in [0.1, 0.15) is 5.75 Å². The number of carbonyl (C=O) groups is 1. The van der Waals surface area contributed by atoms with Gasteiger partial charge in [-0.3, -0.25) is 4.79 Å². The van der Waals surface area contributed by atoms with E-state index in [0.29, 0.717) is 5.56 Å². The van der Waals surface area contributed by atoms with E-state index in [4.69, 9.17) is 0 Å². The molecule has 0 saturated heterocycles. The molecule has 3 heteroatoms. The van der Waals surface area contributed by atoms with Crippen LogP contribution in [0.15, 0.2) is 12.1 Å². The number of carbonyl (C=O) groups excluding carboxylic acids is 1. The number of ketones is 1. The number of anilines is 1. The van der Waals surface area contributed by atoms with Crippen molar-refractivity contribution in [3.05, 3.63) is 23.3 Å². The zero-order valence-corrected chi connectivity index (χ0v) is 9.08. The Morgan fingerprint density at radius 3 is 2.87 bits per heavy atom. The summed E-state index contributed by atoms with van der Waals surface area (Å²) >= 11 is 0. The second-order valence-electron chi connectivity index (χ2n) is 4.08. The van der Waals surface area contributed by atoms with E-state index in [1.165, 1.54) is 6.92 Å². The van der Waals surface area contributed by atoms with Crippen molar-refractivity contribution in [3.8, 4) is 5.75 Å². The average molecular weight is 205 g/mol. The molecule has 0 atom stereocenters. The fraction of sp³-hybridized carbons (Fsp3) is 0.417.